The predicted molar refractivity (Wildman–Crippen MR) is 81.0 cm³/mol. The van der Waals surface area contributed by atoms with E-state index in [4.69, 9.17) is 4.52 Å². The molecular weight excluding hydrogens is 286 g/mol. The zero-order valence-electron chi connectivity index (χ0n) is 12.0. The minimum atomic E-state index is 0.0653. The molecule has 1 N–H and O–H groups in total. The molecule has 2 aromatic rings. The summed E-state index contributed by atoms with van der Waals surface area (Å²) < 4.78 is 5.15. The molecule has 0 radical (unpaired) electrons. The first-order chi connectivity index (χ1) is 10.2. The Balaban J connectivity index is 1.54. The molecule has 21 heavy (non-hydrogen) atoms. The highest BCUT2D eigenvalue weighted by Crippen LogP contribution is 2.30. The van der Waals surface area contributed by atoms with E-state index in [2.05, 4.69) is 15.4 Å². The van der Waals surface area contributed by atoms with Crippen LogP contribution in [0.2, 0.25) is 0 Å². The molecule has 5 nitrogen and oxygen atoms in total. The highest BCUT2D eigenvalue weighted by Gasteiger charge is 2.29. The van der Waals surface area contributed by atoms with Crippen LogP contribution in [0.25, 0.3) is 0 Å². The fourth-order valence-corrected chi connectivity index (χ4v) is 3.38. The number of nitrogens with one attached hydrogen (secondary N) is 1. The van der Waals surface area contributed by atoms with Crippen molar-refractivity contribution in [2.24, 2.45) is 0 Å². The van der Waals surface area contributed by atoms with Gasteiger partial charge in [0, 0.05) is 10.9 Å². The van der Waals surface area contributed by atoms with Crippen molar-refractivity contribution in [3.05, 3.63) is 39.9 Å². The van der Waals surface area contributed by atoms with Gasteiger partial charge in [-0.2, -0.15) is 0 Å². The minimum absolute atomic E-state index is 0.0653. The van der Waals surface area contributed by atoms with E-state index in [1.807, 2.05) is 30.5 Å². The summed E-state index contributed by atoms with van der Waals surface area (Å²) in [7, 11) is 0. The van der Waals surface area contributed by atoms with Crippen molar-refractivity contribution in [3.8, 4) is 0 Å². The Morgan fingerprint density at radius 2 is 2.52 bits per heavy atom. The number of rotatable bonds is 5. The third kappa shape index (κ3) is 3.51. The molecule has 1 amide bonds. The van der Waals surface area contributed by atoms with Gasteiger partial charge in [-0.05, 0) is 37.8 Å². The van der Waals surface area contributed by atoms with Crippen molar-refractivity contribution in [1.29, 1.82) is 0 Å². The van der Waals surface area contributed by atoms with Crippen molar-refractivity contribution >= 4 is 17.2 Å². The zero-order chi connectivity index (χ0) is 14.7. The second-order valence-corrected chi connectivity index (χ2v) is 6.38. The van der Waals surface area contributed by atoms with Crippen molar-refractivity contribution in [2.75, 3.05) is 13.1 Å². The molecule has 0 aromatic carbocycles. The van der Waals surface area contributed by atoms with E-state index in [-0.39, 0.29) is 11.9 Å². The monoisotopic (exact) mass is 305 g/mol. The van der Waals surface area contributed by atoms with Crippen LogP contribution in [0.1, 0.15) is 35.2 Å². The summed E-state index contributed by atoms with van der Waals surface area (Å²) in [6, 6.07) is 6.19. The third-order valence-corrected chi connectivity index (χ3v) is 4.61. The number of likely N-dealkylation sites (tertiary alicyclic amines) is 1. The number of hydrogen-bond acceptors (Lipinski definition) is 5. The summed E-state index contributed by atoms with van der Waals surface area (Å²) in [4.78, 5) is 15.4. The van der Waals surface area contributed by atoms with E-state index in [1.54, 1.807) is 11.3 Å². The molecule has 0 unspecified atom stereocenters. The number of hydrogen-bond donors (Lipinski definition) is 1. The molecule has 1 aliphatic heterocycles. The molecule has 0 aliphatic carbocycles. The summed E-state index contributed by atoms with van der Waals surface area (Å²) in [6.07, 6.45) is 2.12. The molecule has 0 spiro atoms. The Morgan fingerprint density at radius 1 is 1.62 bits per heavy atom. The molecule has 1 atom stereocenters. The summed E-state index contributed by atoms with van der Waals surface area (Å²) in [5.41, 5.74) is 0.941. The maximum Gasteiger partial charge on any atom is 0.234 e. The highest BCUT2D eigenvalue weighted by molar-refractivity contribution is 7.09. The number of amides is 1. The second kappa shape index (κ2) is 6.41. The Bertz CT molecular complexity index is 594. The summed E-state index contributed by atoms with van der Waals surface area (Å²) in [5.74, 6) is 0.884. The van der Waals surface area contributed by atoms with Gasteiger partial charge in [0.25, 0.3) is 0 Å². The standard InChI is InChI=1S/C15H19N3O2S/c1-11-8-13(17-20-11)14-5-2-6-18(14)10-15(19)16-9-12-4-3-7-21-12/h3-4,7-8,14H,2,5-6,9-10H2,1H3,(H,16,19)/t14-/m0/s1. The lowest BCUT2D eigenvalue weighted by Gasteiger charge is -2.21. The minimum Gasteiger partial charge on any atom is -0.361 e. The molecule has 2 aromatic heterocycles. The predicted octanol–water partition coefficient (Wildman–Crippen LogP) is 2.50. The van der Waals surface area contributed by atoms with Gasteiger partial charge in [0.2, 0.25) is 5.91 Å². The molecule has 112 valence electrons. The van der Waals surface area contributed by atoms with Gasteiger partial charge in [0.1, 0.15) is 11.5 Å². The van der Waals surface area contributed by atoms with Crippen LogP contribution in [0.4, 0.5) is 0 Å². The maximum absolute atomic E-state index is 12.1. The number of carbonyl (C=O) groups excluding carboxylic acids is 1. The highest BCUT2D eigenvalue weighted by atomic mass is 32.1. The second-order valence-electron chi connectivity index (χ2n) is 5.35. The lowest BCUT2D eigenvalue weighted by Crippen LogP contribution is -2.36. The first kappa shape index (κ1) is 14.3. The number of thiophene rings is 1. The van der Waals surface area contributed by atoms with E-state index >= 15 is 0 Å². The van der Waals surface area contributed by atoms with Crippen molar-refractivity contribution in [2.45, 2.75) is 32.4 Å². The molecule has 6 heteroatoms. The molecule has 1 saturated heterocycles. The smallest absolute Gasteiger partial charge is 0.234 e. The Labute approximate surface area is 127 Å². The first-order valence-electron chi connectivity index (χ1n) is 7.19. The Morgan fingerprint density at radius 3 is 3.24 bits per heavy atom. The van der Waals surface area contributed by atoms with Crippen LogP contribution in [-0.4, -0.2) is 29.1 Å². The first-order valence-corrected chi connectivity index (χ1v) is 8.06. The van der Waals surface area contributed by atoms with Crippen LogP contribution < -0.4 is 5.32 Å². The van der Waals surface area contributed by atoms with Gasteiger partial charge in [-0.15, -0.1) is 11.3 Å². The average molecular weight is 305 g/mol. The number of aryl methyl sites for hydroxylation is 1. The van der Waals surface area contributed by atoms with Crippen LogP contribution in [0, 0.1) is 6.92 Å². The van der Waals surface area contributed by atoms with E-state index in [1.165, 1.54) is 4.88 Å². The zero-order valence-corrected chi connectivity index (χ0v) is 12.9. The third-order valence-electron chi connectivity index (χ3n) is 3.74. The van der Waals surface area contributed by atoms with Gasteiger partial charge in [-0.1, -0.05) is 11.2 Å². The number of nitrogens with zero attached hydrogens (tertiary/aromatic N) is 2. The van der Waals surface area contributed by atoms with Crippen LogP contribution in [0.15, 0.2) is 28.1 Å². The SMILES string of the molecule is Cc1cc([C@@H]2CCCN2CC(=O)NCc2cccs2)no1. The van der Waals surface area contributed by atoms with Crippen molar-refractivity contribution < 1.29 is 9.32 Å². The maximum atomic E-state index is 12.1. The fourth-order valence-electron chi connectivity index (χ4n) is 2.73. The Kier molecular flexibility index (Phi) is 4.36. The largest absolute Gasteiger partial charge is 0.361 e. The molecule has 0 bridgehead atoms. The van der Waals surface area contributed by atoms with Gasteiger partial charge in [-0.3, -0.25) is 9.69 Å². The molecule has 1 fully saturated rings. The molecule has 0 saturated carbocycles. The lowest BCUT2D eigenvalue weighted by atomic mass is 10.1. The molecular formula is C15H19N3O2S. The van der Waals surface area contributed by atoms with Crippen LogP contribution in [-0.2, 0) is 11.3 Å². The van der Waals surface area contributed by atoms with Crippen LogP contribution in [0.5, 0.6) is 0 Å². The molecule has 3 heterocycles. The van der Waals surface area contributed by atoms with Crippen LogP contribution >= 0.6 is 11.3 Å². The Hall–Kier alpha value is -1.66. The van der Waals surface area contributed by atoms with Gasteiger partial charge in [0.15, 0.2) is 0 Å². The summed E-state index contributed by atoms with van der Waals surface area (Å²) >= 11 is 1.66. The van der Waals surface area contributed by atoms with E-state index in [0.717, 1.165) is 30.8 Å². The van der Waals surface area contributed by atoms with Gasteiger partial charge >= 0.3 is 0 Å². The van der Waals surface area contributed by atoms with Crippen molar-refractivity contribution in [3.63, 3.8) is 0 Å². The normalized spacial score (nSPS) is 19.0. The van der Waals surface area contributed by atoms with Crippen LogP contribution in [0.3, 0.4) is 0 Å². The van der Waals surface area contributed by atoms with E-state index in [0.29, 0.717) is 13.1 Å². The number of carbonyl (C=O) groups is 1. The lowest BCUT2D eigenvalue weighted by molar-refractivity contribution is -0.122. The topological polar surface area (TPSA) is 58.4 Å². The summed E-state index contributed by atoms with van der Waals surface area (Å²) in [6.45, 7) is 3.85. The van der Waals surface area contributed by atoms with Crippen molar-refractivity contribution in [1.82, 2.24) is 15.4 Å². The fraction of sp³-hybridized carbons (Fsp3) is 0.467. The van der Waals surface area contributed by atoms with Gasteiger partial charge in [0.05, 0.1) is 19.1 Å². The van der Waals surface area contributed by atoms with Gasteiger partial charge in [-0.25, -0.2) is 0 Å². The van der Waals surface area contributed by atoms with Gasteiger partial charge < -0.3 is 9.84 Å². The quantitative estimate of drug-likeness (QED) is 0.922. The molecule has 3 rings (SSSR count). The van der Waals surface area contributed by atoms with E-state index in [9.17, 15) is 4.79 Å². The number of aromatic nitrogens is 1. The summed E-state index contributed by atoms with van der Waals surface area (Å²) in [5, 5.41) is 9.09. The molecule has 1 aliphatic rings. The van der Waals surface area contributed by atoms with E-state index < -0.39 is 0 Å². The average Bonchev–Trinajstić information content (AvgIpc) is 3.17.